The van der Waals surface area contributed by atoms with Crippen LogP contribution in [0.1, 0.15) is 30.9 Å². The van der Waals surface area contributed by atoms with Gasteiger partial charge in [0.1, 0.15) is 5.75 Å². The van der Waals surface area contributed by atoms with Gasteiger partial charge >= 0.3 is 0 Å². The van der Waals surface area contributed by atoms with Gasteiger partial charge in [0.2, 0.25) is 0 Å². The van der Waals surface area contributed by atoms with Crippen LogP contribution in [0.4, 0.5) is 5.69 Å². The largest absolute Gasteiger partial charge is 0.495 e. The Labute approximate surface area is 96.5 Å². The summed E-state index contributed by atoms with van der Waals surface area (Å²) in [6.45, 7) is 3.65. The van der Waals surface area contributed by atoms with Crippen LogP contribution in [0.3, 0.4) is 0 Å². The summed E-state index contributed by atoms with van der Waals surface area (Å²) in [5.41, 5.74) is 7.16. The van der Waals surface area contributed by atoms with E-state index in [0.29, 0.717) is 17.9 Å². The smallest absolute Gasteiger partial charge is 0.142 e. The molecule has 0 aliphatic heterocycles. The van der Waals surface area contributed by atoms with Gasteiger partial charge in [0, 0.05) is 5.56 Å². The molecule has 3 nitrogen and oxygen atoms in total. The van der Waals surface area contributed by atoms with Crippen molar-refractivity contribution in [3.63, 3.8) is 0 Å². The van der Waals surface area contributed by atoms with Gasteiger partial charge in [0.25, 0.3) is 0 Å². The lowest BCUT2D eigenvalue weighted by Crippen LogP contribution is -2.03. The van der Waals surface area contributed by atoms with E-state index in [-0.39, 0.29) is 0 Å². The van der Waals surface area contributed by atoms with Crippen molar-refractivity contribution in [2.45, 2.75) is 25.4 Å². The SMILES string of the molecule is C=CCCCC(O)c1cccc(OC)c1N. The third kappa shape index (κ3) is 3.00. The van der Waals surface area contributed by atoms with Crippen LogP contribution in [-0.4, -0.2) is 12.2 Å². The molecule has 0 radical (unpaired) electrons. The van der Waals surface area contributed by atoms with Crippen molar-refractivity contribution in [1.29, 1.82) is 0 Å². The van der Waals surface area contributed by atoms with Crippen LogP contribution in [0.5, 0.6) is 5.75 Å². The Hall–Kier alpha value is -1.48. The van der Waals surface area contributed by atoms with E-state index < -0.39 is 6.10 Å². The van der Waals surface area contributed by atoms with Crippen LogP contribution >= 0.6 is 0 Å². The van der Waals surface area contributed by atoms with Crippen molar-refractivity contribution in [1.82, 2.24) is 0 Å². The first-order valence-electron chi connectivity index (χ1n) is 5.42. The molecule has 0 fully saturated rings. The molecule has 3 N–H and O–H groups in total. The van der Waals surface area contributed by atoms with Gasteiger partial charge in [-0.15, -0.1) is 6.58 Å². The van der Waals surface area contributed by atoms with E-state index >= 15 is 0 Å². The zero-order valence-electron chi connectivity index (χ0n) is 9.65. The molecule has 0 saturated carbocycles. The summed E-state index contributed by atoms with van der Waals surface area (Å²) in [4.78, 5) is 0. The maximum absolute atomic E-state index is 9.98. The van der Waals surface area contributed by atoms with E-state index in [0.717, 1.165) is 18.4 Å². The lowest BCUT2D eigenvalue weighted by atomic mass is 10.0. The fraction of sp³-hybridized carbons (Fsp3) is 0.385. The number of allylic oxidation sites excluding steroid dienone is 1. The highest BCUT2D eigenvalue weighted by atomic mass is 16.5. The number of nitrogen functional groups attached to an aromatic ring is 1. The molecule has 1 atom stereocenters. The first kappa shape index (κ1) is 12.6. The van der Waals surface area contributed by atoms with Crippen molar-refractivity contribution in [3.05, 3.63) is 36.4 Å². The predicted molar refractivity (Wildman–Crippen MR) is 66.4 cm³/mol. The molecule has 0 aliphatic rings. The van der Waals surface area contributed by atoms with Gasteiger partial charge in [-0.05, 0) is 25.3 Å². The zero-order chi connectivity index (χ0) is 12.0. The van der Waals surface area contributed by atoms with Gasteiger partial charge < -0.3 is 15.6 Å². The van der Waals surface area contributed by atoms with E-state index in [2.05, 4.69) is 6.58 Å². The van der Waals surface area contributed by atoms with Gasteiger partial charge in [-0.1, -0.05) is 18.2 Å². The van der Waals surface area contributed by atoms with Crippen molar-refractivity contribution in [2.75, 3.05) is 12.8 Å². The normalized spacial score (nSPS) is 12.1. The van der Waals surface area contributed by atoms with Gasteiger partial charge in [-0.25, -0.2) is 0 Å². The van der Waals surface area contributed by atoms with Crippen LogP contribution in [-0.2, 0) is 0 Å². The van der Waals surface area contributed by atoms with E-state index in [1.807, 2.05) is 18.2 Å². The molecular formula is C13H19NO2. The number of para-hydroxylation sites is 1. The van der Waals surface area contributed by atoms with Crippen LogP contribution in [0.2, 0.25) is 0 Å². The first-order valence-corrected chi connectivity index (χ1v) is 5.42. The number of unbranched alkanes of at least 4 members (excludes halogenated alkanes) is 1. The number of methoxy groups -OCH3 is 1. The second kappa shape index (κ2) is 6.18. The second-order valence-electron chi connectivity index (χ2n) is 3.70. The molecule has 1 aromatic carbocycles. The van der Waals surface area contributed by atoms with Crippen molar-refractivity contribution in [2.24, 2.45) is 0 Å². The highest BCUT2D eigenvalue weighted by Gasteiger charge is 2.13. The average molecular weight is 221 g/mol. The summed E-state index contributed by atoms with van der Waals surface area (Å²) >= 11 is 0. The maximum atomic E-state index is 9.98. The highest BCUT2D eigenvalue weighted by molar-refractivity contribution is 5.59. The third-order valence-corrected chi connectivity index (χ3v) is 2.56. The van der Waals surface area contributed by atoms with Crippen molar-refractivity contribution in [3.8, 4) is 5.75 Å². The Bertz CT molecular complexity index is 350. The first-order chi connectivity index (χ1) is 7.70. The molecule has 0 bridgehead atoms. The number of hydrogen-bond acceptors (Lipinski definition) is 3. The van der Waals surface area contributed by atoms with Crippen LogP contribution in [0.25, 0.3) is 0 Å². The Morgan fingerprint density at radius 1 is 1.56 bits per heavy atom. The molecule has 0 spiro atoms. The molecule has 0 heterocycles. The number of nitrogens with two attached hydrogens (primary N) is 1. The minimum Gasteiger partial charge on any atom is -0.495 e. The van der Waals surface area contributed by atoms with Gasteiger partial charge in [0.15, 0.2) is 0 Å². The Kier molecular flexibility index (Phi) is 4.86. The summed E-state index contributed by atoms with van der Waals surface area (Å²) in [7, 11) is 1.57. The maximum Gasteiger partial charge on any atom is 0.142 e. The molecule has 1 aromatic rings. The fourth-order valence-electron chi connectivity index (χ4n) is 1.64. The van der Waals surface area contributed by atoms with Crippen LogP contribution in [0.15, 0.2) is 30.9 Å². The summed E-state index contributed by atoms with van der Waals surface area (Å²) in [6.07, 6.45) is 3.81. The zero-order valence-corrected chi connectivity index (χ0v) is 9.65. The second-order valence-corrected chi connectivity index (χ2v) is 3.70. The van der Waals surface area contributed by atoms with Crippen LogP contribution in [0, 0.1) is 0 Å². The molecule has 1 unspecified atom stereocenters. The lowest BCUT2D eigenvalue weighted by molar-refractivity contribution is 0.165. The molecule has 0 amide bonds. The lowest BCUT2D eigenvalue weighted by Gasteiger charge is -2.15. The summed E-state index contributed by atoms with van der Waals surface area (Å²) < 4.78 is 5.11. The molecule has 0 aliphatic carbocycles. The van der Waals surface area contributed by atoms with Crippen molar-refractivity contribution < 1.29 is 9.84 Å². The Morgan fingerprint density at radius 3 is 2.94 bits per heavy atom. The number of anilines is 1. The van der Waals surface area contributed by atoms with Gasteiger partial charge in [-0.2, -0.15) is 0 Å². The average Bonchev–Trinajstić information content (AvgIpc) is 2.29. The highest BCUT2D eigenvalue weighted by Crippen LogP contribution is 2.31. The van der Waals surface area contributed by atoms with Gasteiger partial charge in [0.05, 0.1) is 18.9 Å². The number of aliphatic hydroxyl groups is 1. The standard InChI is InChI=1S/C13H19NO2/c1-3-4-5-8-11(15)10-7-6-9-12(16-2)13(10)14/h3,6-7,9,11,15H,1,4-5,8,14H2,2H3. The van der Waals surface area contributed by atoms with E-state index in [4.69, 9.17) is 10.5 Å². The molecular weight excluding hydrogens is 202 g/mol. The van der Waals surface area contributed by atoms with Crippen LogP contribution < -0.4 is 10.5 Å². The monoisotopic (exact) mass is 221 g/mol. The minimum atomic E-state index is -0.532. The molecule has 16 heavy (non-hydrogen) atoms. The predicted octanol–water partition coefficient (Wildman–Crippen LogP) is 2.67. The van der Waals surface area contributed by atoms with E-state index in [1.54, 1.807) is 13.2 Å². The summed E-state index contributed by atoms with van der Waals surface area (Å²) in [5, 5.41) is 9.98. The molecule has 0 saturated heterocycles. The van der Waals surface area contributed by atoms with E-state index in [9.17, 15) is 5.11 Å². The molecule has 0 aromatic heterocycles. The number of ether oxygens (including phenoxy) is 1. The minimum absolute atomic E-state index is 0.524. The Morgan fingerprint density at radius 2 is 2.31 bits per heavy atom. The summed E-state index contributed by atoms with van der Waals surface area (Å²) in [6, 6.07) is 5.45. The quantitative estimate of drug-likeness (QED) is 0.441. The number of hydrogen-bond donors (Lipinski definition) is 2. The Balaban J connectivity index is 2.74. The van der Waals surface area contributed by atoms with Gasteiger partial charge in [-0.3, -0.25) is 0 Å². The molecule has 3 heteroatoms. The molecule has 88 valence electrons. The number of benzene rings is 1. The number of rotatable bonds is 6. The third-order valence-electron chi connectivity index (χ3n) is 2.56. The topological polar surface area (TPSA) is 55.5 Å². The molecule has 1 rings (SSSR count). The summed E-state index contributed by atoms with van der Waals surface area (Å²) in [5.74, 6) is 0.611. The van der Waals surface area contributed by atoms with Crippen molar-refractivity contribution >= 4 is 5.69 Å². The fourth-order valence-corrected chi connectivity index (χ4v) is 1.64. The number of aliphatic hydroxyl groups excluding tert-OH is 1. The van der Waals surface area contributed by atoms with E-state index in [1.165, 1.54) is 0 Å².